The Labute approximate surface area is 97.7 Å². The van der Waals surface area contributed by atoms with Crippen LogP contribution in [-0.4, -0.2) is 24.1 Å². The first kappa shape index (κ1) is 11.8. The molecule has 1 aromatic carbocycles. The second-order valence-electron chi connectivity index (χ2n) is 3.96. The SMILES string of the molecule is O=[N+]([O-])c1ccc(OC2CCCNC2)cc1F. The van der Waals surface area contributed by atoms with Gasteiger partial charge in [0.1, 0.15) is 11.9 Å². The first-order valence-corrected chi connectivity index (χ1v) is 5.48. The molecular formula is C11H13FN2O3. The fraction of sp³-hybridized carbons (Fsp3) is 0.455. The molecule has 17 heavy (non-hydrogen) atoms. The van der Waals surface area contributed by atoms with E-state index in [1.807, 2.05) is 0 Å². The van der Waals surface area contributed by atoms with Gasteiger partial charge >= 0.3 is 5.69 Å². The normalized spacial score (nSPS) is 19.9. The van der Waals surface area contributed by atoms with Gasteiger partial charge in [-0.1, -0.05) is 0 Å². The van der Waals surface area contributed by atoms with E-state index in [0.29, 0.717) is 5.75 Å². The van der Waals surface area contributed by atoms with Crippen LogP contribution >= 0.6 is 0 Å². The second kappa shape index (κ2) is 5.09. The van der Waals surface area contributed by atoms with Crippen LogP contribution in [0.4, 0.5) is 10.1 Å². The molecule has 1 N–H and O–H groups in total. The second-order valence-corrected chi connectivity index (χ2v) is 3.96. The van der Waals surface area contributed by atoms with Crippen LogP contribution in [0.2, 0.25) is 0 Å². The van der Waals surface area contributed by atoms with Crippen LogP contribution in [0.15, 0.2) is 18.2 Å². The van der Waals surface area contributed by atoms with E-state index in [9.17, 15) is 14.5 Å². The molecular weight excluding hydrogens is 227 g/mol. The van der Waals surface area contributed by atoms with Gasteiger partial charge in [0.2, 0.25) is 5.82 Å². The molecule has 1 unspecified atom stereocenters. The van der Waals surface area contributed by atoms with E-state index >= 15 is 0 Å². The molecule has 1 atom stereocenters. The summed E-state index contributed by atoms with van der Waals surface area (Å²) in [5.74, 6) is -0.530. The number of nitrogens with one attached hydrogen (secondary N) is 1. The van der Waals surface area contributed by atoms with Crippen molar-refractivity contribution in [2.45, 2.75) is 18.9 Å². The molecule has 0 aromatic heterocycles. The first-order valence-electron chi connectivity index (χ1n) is 5.48. The number of nitro groups is 1. The fourth-order valence-corrected chi connectivity index (χ4v) is 1.82. The number of hydrogen-bond donors (Lipinski definition) is 1. The van der Waals surface area contributed by atoms with E-state index in [2.05, 4.69) is 5.32 Å². The molecule has 92 valence electrons. The van der Waals surface area contributed by atoms with Gasteiger partial charge in [0.05, 0.1) is 4.92 Å². The van der Waals surface area contributed by atoms with Crippen molar-refractivity contribution in [1.29, 1.82) is 0 Å². The van der Waals surface area contributed by atoms with Crippen LogP contribution in [0.25, 0.3) is 0 Å². The Kier molecular flexibility index (Phi) is 3.53. The molecule has 5 nitrogen and oxygen atoms in total. The minimum Gasteiger partial charge on any atom is -0.489 e. The summed E-state index contributed by atoms with van der Waals surface area (Å²) in [5.41, 5.74) is -0.529. The third-order valence-corrected chi connectivity index (χ3v) is 2.67. The summed E-state index contributed by atoms with van der Waals surface area (Å²) < 4.78 is 18.9. The van der Waals surface area contributed by atoms with Crippen molar-refractivity contribution in [2.75, 3.05) is 13.1 Å². The van der Waals surface area contributed by atoms with Gasteiger partial charge in [-0.05, 0) is 25.5 Å². The highest BCUT2D eigenvalue weighted by Gasteiger charge is 2.18. The van der Waals surface area contributed by atoms with Gasteiger partial charge in [0, 0.05) is 18.7 Å². The molecule has 1 heterocycles. The van der Waals surface area contributed by atoms with E-state index in [1.54, 1.807) is 0 Å². The van der Waals surface area contributed by atoms with Crippen molar-refractivity contribution in [3.05, 3.63) is 34.1 Å². The van der Waals surface area contributed by atoms with Crippen molar-refractivity contribution in [2.24, 2.45) is 0 Å². The maximum Gasteiger partial charge on any atom is 0.305 e. The van der Waals surface area contributed by atoms with E-state index < -0.39 is 16.4 Å². The lowest BCUT2D eigenvalue weighted by atomic mass is 10.1. The number of benzene rings is 1. The minimum atomic E-state index is -0.865. The van der Waals surface area contributed by atoms with E-state index in [0.717, 1.165) is 38.1 Å². The molecule has 6 heteroatoms. The maximum atomic E-state index is 13.3. The molecule has 1 aromatic rings. The van der Waals surface area contributed by atoms with E-state index in [1.165, 1.54) is 6.07 Å². The fourth-order valence-electron chi connectivity index (χ4n) is 1.82. The zero-order valence-electron chi connectivity index (χ0n) is 9.19. The van der Waals surface area contributed by atoms with Gasteiger partial charge < -0.3 is 10.1 Å². The third-order valence-electron chi connectivity index (χ3n) is 2.67. The average molecular weight is 240 g/mol. The van der Waals surface area contributed by atoms with Crippen LogP contribution in [0.5, 0.6) is 5.75 Å². The summed E-state index contributed by atoms with van der Waals surface area (Å²) in [7, 11) is 0. The van der Waals surface area contributed by atoms with Crippen LogP contribution in [0, 0.1) is 15.9 Å². The van der Waals surface area contributed by atoms with Crippen molar-refractivity contribution in [3.63, 3.8) is 0 Å². The van der Waals surface area contributed by atoms with Gasteiger partial charge in [-0.25, -0.2) is 0 Å². The lowest BCUT2D eigenvalue weighted by Crippen LogP contribution is -2.37. The summed E-state index contributed by atoms with van der Waals surface area (Å²) in [6.07, 6.45) is 1.93. The third kappa shape index (κ3) is 2.91. The summed E-state index contributed by atoms with van der Waals surface area (Å²) in [6.45, 7) is 1.69. The van der Waals surface area contributed by atoms with Crippen LogP contribution in [0.1, 0.15) is 12.8 Å². The van der Waals surface area contributed by atoms with Crippen LogP contribution in [0.3, 0.4) is 0 Å². The van der Waals surface area contributed by atoms with Gasteiger partial charge in [0.15, 0.2) is 0 Å². The summed E-state index contributed by atoms with van der Waals surface area (Å²) in [5, 5.41) is 13.6. The zero-order valence-corrected chi connectivity index (χ0v) is 9.19. The molecule has 0 bridgehead atoms. The quantitative estimate of drug-likeness (QED) is 0.647. The lowest BCUT2D eigenvalue weighted by molar-refractivity contribution is -0.387. The molecule has 0 amide bonds. The van der Waals surface area contributed by atoms with Gasteiger partial charge in [-0.15, -0.1) is 0 Å². The van der Waals surface area contributed by atoms with Crippen LogP contribution < -0.4 is 10.1 Å². The smallest absolute Gasteiger partial charge is 0.305 e. The number of nitro benzene ring substituents is 1. The van der Waals surface area contributed by atoms with Crippen molar-refractivity contribution in [1.82, 2.24) is 5.32 Å². The maximum absolute atomic E-state index is 13.3. The Morgan fingerprint density at radius 2 is 2.35 bits per heavy atom. The monoisotopic (exact) mass is 240 g/mol. The molecule has 1 saturated heterocycles. The summed E-state index contributed by atoms with van der Waals surface area (Å²) in [4.78, 5) is 9.69. The van der Waals surface area contributed by atoms with Crippen LogP contribution in [-0.2, 0) is 0 Å². The Morgan fingerprint density at radius 1 is 1.53 bits per heavy atom. The zero-order chi connectivity index (χ0) is 12.3. The number of hydrogen-bond acceptors (Lipinski definition) is 4. The highest BCUT2D eigenvalue weighted by molar-refractivity contribution is 5.38. The molecule has 0 aliphatic carbocycles. The van der Waals surface area contributed by atoms with Gasteiger partial charge in [-0.2, -0.15) is 4.39 Å². The molecule has 0 spiro atoms. The number of nitrogens with zero attached hydrogens (tertiary/aromatic N) is 1. The standard InChI is InChI=1S/C11H13FN2O3/c12-10-6-8(3-4-11(10)14(15)16)17-9-2-1-5-13-7-9/h3-4,6,9,13H,1-2,5,7H2. The molecule has 1 fully saturated rings. The molecule has 1 aliphatic rings. The largest absolute Gasteiger partial charge is 0.489 e. The average Bonchev–Trinajstić information content (AvgIpc) is 2.30. The number of ether oxygens (including phenoxy) is 1. The Hall–Kier alpha value is -1.69. The van der Waals surface area contributed by atoms with Gasteiger partial charge in [-0.3, -0.25) is 10.1 Å². The predicted molar refractivity (Wildman–Crippen MR) is 59.6 cm³/mol. The molecule has 0 saturated carbocycles. The molecule has 0 radical (unpaired) electrons. The first-order chi connectivity index (χ1) is 8.16. The highest BCUT2D eigenvalue weighted by Crippen LogP contribution is 2.23. The molecule has 1 aliphatic heterocycles. The molecule has 2 rings (SSSR count). The number of piperidine rings is 1. The topological polar surface area (TPSA) is 64.4 Å². The van der Waals surface area contributed by atoms with Crippen molar-refractivity contribution < 1.29 is 14.1 Å². The van der Waals surface area contributed by atoms with Gasteiger partial charge in [0.25, 0.3) is 0 Å². The minimum absolute atomic E-state index is 0.00426. The van der Waals surface area contributed by atoms with Crippen molar-refractivity contribution in [3.8, 4) is 5.75 Å². The van der Waals surface area contributed by atoms with E-state index in [4.69, 9.17) is 4.74 Å². The van der Waals surface area contributed by atoms with E-state index in [-0.39, 0.29) is 6.10 Å². The summed E-state index contributed by atoms with van der Waals surface area (Å²) >= 11 is 0. The lowest BCUT2D eigenvalue weighted by Gasteiger charge is -2.23. The Balaban J connectivity index is 2.06. The number of halogens is 1. The predicted octanol–water partition coefficient (Wildman–Crippen LogP) is 1.86. The van der Waals surface area contributed by atoms with Crippen molar-refractivity contribution >= 4 is 5.69 Å². The number of rotatable bonds is 3. The highest BCUT2D eigenvalue weighted by atomic mass is 19.1. The Morgan fingerprint density at radius 3 is 2.94 bits per heavy atom. The summed E-state index contributed by atoms with van der Waals surface area (Å²) in [6, 6.07) is 3.61. The Bertz CT molecular complexity index is 419.